The molecule has 1 aromatic carbocycles. The number of likely N-dealkylation sites (tertiary alicyclic amines) is 1. The lowest BCUT2D eigenvalue weighted by Crippen LogP contribution is -2.63. The number of hydrogen-bond acceptors (Lipinski definition) is 6. The third-order valence-electron chi connectivity index (χ3n) is 5.99. The Labute approximate surface area is 164 Å². The molecule has 142 valence electrons. The van der Waals surface area contributed by atoms with E-state index < -0.39 is 0 Å². The lowest BCUT2D eigenvalue weighted by atomic mass is 9.92. The number of nitrogens with one attached hydrogen (secondary N) is 1. The van der Waals surface area contributed by atoms with Crippen LogP contribution in [-0.4, -0.2) is 42.4 Å². The Morgan fingerprint density at radius 3 is 2.81 bits per heavy atom. The van der Waals surface area contributed by atoms with Crippen LogP contribution in [0, 0.1) is 0 Å². The molecule has 0 bridgehead atoms. The van der Waals surface area contributed by atoms with E-state index in [0.717, 1.165) is 49.5 Å². The fourth-order valence-electron chi connectivity index (χ4n) is 4.46. The fourth-order valence-corrected chi connectivity index (χ4v) is 5.16. The fraction of sp³-hybridized carbons (Fsp3) is 0.429. The number of hydrogen-bond donors (Lipinski definition) is 1. The van der Waals surface area contributed by atoms with E-state index >= 15 is 0 Å². The van der Waals surface area contributed by atoms with Gasteiger partial charge in [0.25, 0.3) is 0 Å². The lowest BCUT2D eigenvalue weighted by Gasteiger charge is -2.51. The molecule has 5 nitrogen and oxygen atoms in total. The zero-order valence-corrected chi connectivity index (χ0v) is 16.6. The van der Waals surface area contributed by atoms with Gasteiger partial charge in [-0.15, -0.1) is 11.3 Å². The van der Waals surface area contributed by atoms with Crippen molar-refractivity contribution in [1.82, 2.24) is 15.3 Å². The number of benzene rings is 1. The van der Waals surface area contributed by atoms with Gasteiger partial charge in [-0.1, -0.05) is 25.1 Å². The van der Waals surface area contributed by atoms with Gasteiger partial charge in [-0.25, -0.2) is 0 Å². The molecular formula is C21H25N3O2S. The molecule has 0 unspecified atom stereocenters. The Bertz CT molecular complexity index is 856. The van der Waals surface area contributed by atoms with Gasteiger partial charge < -0.3 is 19.8 Å². The van der Waals surface area contributed by atoms with Crippen LogP contribution in [0.1, 0.15) is 36.2 Å². The molecule has 3 aliphatic heterocycles. The van der Waals surface area contributed by atoms with Crippen molar-refractivity contribution < 1.29 is 9.47 Å². The number of methoxy groups -OCH3 is 1. The number of hydrazine groups is 1. The van der Waals surface area contributed by atoms with Gasteiger partial charge >= 0.3 is 0 Å². The van der Waals surface area contributed by atoms with Gasteiger partial charge in [0, 0.05) is 31.5 Å². The van der Waals surface area contributed by atoms with E-state index in [0.29, 0.717) is 0 Å². The topological polar surface area (TPSA) is 37.0 Å². The first-order valence-corrected chi connectivity index (χ1v) is 10.5. The number of nitrogens with zero attached hydrogens (tertiary/aromatic N) is 2. The largest absolute Gasteiger partial charge is 0.493 e. The first kappa shape index (κ1) is 17.1. The van der Waals surface area contributed by atoms with E-state index in [4.69, 9.17) is 9.47 Å². The van der Waals surface area contributed by atoms with Gasteiger partial charge in [0.2, 0.25) is 0 Å². The summed E-state index contributed by atoms with van der Waals surface area (Å²) in [5, 5.41) is 4.47. The third kappa shape index (κ3) is 2.66. The molecule has 3 aliphatic rings. The molecule has 0 amide bonds. The van der Waals surface area contributed by atoms with Crippen LogP contribution in [0.15, 0.2) is 41.8 Å². The van der Waals surface area contributed by atoms with Crippen molar-refractivity contribution in [2.45, 2.75) is 31.5 Å². The monoisotopic (exact) mass is 383 g/mol. The predicted molar refractivity (Wildman–Crippen MR) is 108 cm³/mol. The quantitative estimate of drug-likeness (QED) is 0.871. The molecule has 27 heavy (non-hydrogen) atoms. The van der Waals surface area contributed by atoms with E-state index in [1.54, 1.807) is 18.4 Å². The molecule has 0 saturated carbocycles. The summed E-state index contributed by atoms with van der Waals surface area (Å²) in [5.41, 5.74) is 5.67. The van der Waals surface area contributed by atoms with Gasteiger partial charge in [0.15, 0.2) is 17.2 Å². The smallest absolute Gasteiger partial charge is 0.183 e. The van der Waals surface area contributed by atoms with Crippen molar-refractivity contribution in [2.24, 2.45) is 0 Å². The maximum absolute atomic E-state index is 6.74. The van der Waals surface area contributed by atoms with E-state index in [1.165, 1.54) is 10.6 Å². The van der Waals surface area contributed by atoms with E-state index in [-0.39, 0.29) is 11.8 Å². The molecule has 2 aromatic rings. The highest BCUT2D eigenvalue weighted by molar-refractivity contribution is 7.11. The number of ether oxygens (including phenoxy) is 2. The molecule has 0 aliphatic carbocycles. The van der Waals surface area contributed by atoms with Gasteiger partial charge in [-0.2, -0.15) is 5.01 Å². The average Bonchev–Trinajstić information content (AvgIpc) is 3.38. The lowest BCUT2D eigenvalue weighted by molar-refractivity contribution is -0.160. The highest BCUT2D eigenvalue weighted by Gasteiger charge is 2.52. The summed E-state index contributed by atoms with van der Waals surface area (Å²) in [6.45, 7) is 5.40. The molecule has 4 heterocycles. The van der Waals surface area contributed by atoms with Crippen LogP contribution < -0.4 is 14.9 Å². The molecule has 1 N–H and O–H groups in total. The Kier molecular flexibility index (Phi) is 4.15. The summed E-state index contributed by atoms with van der Waals surface area (Å²) < 4.78 is 12.4. The highest BCUT2D eigenvalue weighted by atomic mass is 32.1. The van der Waals surface area contributed by atoms with E-state index in [2.05, 4.69) is 51.9 Å². The summed E-state index contributed by atoms with van der Waals surface area (Å²) >= 11 is 1.76. The molecule has 1 atom stereocenters. The van der Waals surface area contributed by atoms with Crippen LogP contribution in [0.4, 0.5) is 0 Å². The highest BCUT2D eigenvalue weighted by Crippen LogP contribution is 2.51. The Morgan fingerprint density at radius 2 is 2.11 bits per heavy atom. The second kappa shape index (κ2) is 6.55. The predicted octanol–water partition coefficient (Wildman–Crippen LogP) is 3.86. The zero-order chi connectivity index (χ0) is 18.4. The van der Waals surface area contributed by atoms with Crippen LogP contribution >= 0.6 is 11.3 Å². The minimum absolute atomic E-state index is 0.147. The molecule has 1 saturated heterocycles. The number of thiophene rings is 1. The van der Waals surface area contributed by atoms with Crippen molar-refractivity contribution in [2.75, 3.05) is 26.7 Å². The first-order valence-electron chi connectivity index (χ1n) is 9.64. The van der Waals surface area contributed by atoms with Crippen molar-refractivity contribution in [3.63, 3.8) is 0 Å². The number of fused-ring (bicyclic) bond motifs is 4. The van der Waals surface area contributed by atoms with Gasteiger partial charge in [0.1, 0.15) is 0 Å². The van der Waals surface area contributed by atoms with E-state index in [1.807, 2.05) is 12.1 Å². The summed E-state index contributed by atoms with van der Waals surface area (Å²) in [6.07, 6.45) is 4.27. The molecule has 6 heteroatoms. The summed E-state index contributed by atoms with van der Waals surface area (Å²) in [4.78, 5) is 3.75. The normalized spacial score (nSPS) is 23.9. The first-order chi connectivity index (χ1) is 13.2. The van der Waals surface area contributed by atoms with E-state index in [9.17, 15) is 0 Å². The number of piperidine rings is 1. The minimum atomic E-state index is -0.354. The standard InChI is InChI=1S/C21H25N3O2S/c1-3-23-11-9-21(10-12-23)24-17(14-16(22-24)19-8-5-13-27-19)15-6-4-7-18(25-2)20(15)26-21/h4-8,13-14,17,22H,3,9-12H2,1-2H3/t17-/m0/s1. The molecule has 1 fully saturated rings. The molecule has 1 aromatic heterocycles. The van der Waals surface area contributed by atoms with Gasteiger partial charge in [0.05, 0.1) is 23.7 Å². The summed E-state index contributed by atoms with van der Waals surface area (Å²) in [7, 11) is 1.72. The Balaban J connectivity index is 1.58. The van der Waals surface area contributed by atoms with Crippen LogP contribution in [0.2, 0.25) is 0 Å². The minimum Gasteiger partial charge on any atom is -0.493 e. The SMILES string of the molecule is CCN1CCC2(CC1)Oc1c(OC)cccc1[C@@H]1C=C(c3cccs3)NN12. The summed E-state index contributed by atoms with van der Waals surface area (Å²) in [5.74, 6) is 1.72. The van der Waals surface area contributed by atoms with Gasteiger partial charge in [-0.05, 0) is 30.1 Å². The molecular weight excluding hydrogens is 358 g/mol. The maximum Gasteiger partial charge on any atom is 0.183 e. The number of rotatable bonds is 3. The molecule has 5 rings (SSSR count). The van der Waals surface area contributed by atoms with Crippen LogP contribution in [0.3, 0.4) is 0 Å². The number of para-hydroxylation sites is 1. The molecule has 1 spiro atoms. The Morgan fingerprint density at radius 1 is 1.26 bits per heavy atom. The molecule has 0 radical (unpaired) electrons. The van der Waals surface area contributed by atoms with Crippen LogP contribution in [0.25, 0.3) is 5.70 Å². The second-order valence-electron chi connectivity index (χ2n) is 7.35. The Hall–Kier alpha value is -2.02. The zero-order valence-electron chi connectivity index (χ0n) is 15.8. The van der Waals surface area contributed by atoms with Crippen LogP contribution in [0.5, 0.6) is 11.5 Å². The van der Waals surface area contributed by atoms with Crippen molar-refractivity contribution in [3.8, 4) is 11.5 Å². The maximum atomic E-state index is 6.74. The third-order valence-corrected chi connectivity index (χ3v) is 6.90. The van der Waals surface area contributed by atoms with Crippen molar-refractivity contribution >= 4 is 17.0 Å². The second-order valence-corrected chi connectivity index (χ2v) is 8.29. The van der Waals surface area contributed by atoms with Crippen molar-refractivity contribution in [1.29, 1.82) is 0 Å². The van der Waals surface area contributed by atoms with Crippen LogP contribution in [-0.2, 0) is 0 Å². The van der Waals surface area contributed by atoms with Crippen molar-refractivity contribution in [3.05, 3.63) is 52.2 Å². The average molecular weight is 384 g/mol. The van der Waals surface area contributed by atoms with Gasteiger partial charge in [-0.3, -0.25) is 0 Å². The summed E-state index contributed by atoms with van der Waals surface area (Å²) in [6, 6.07) is 10.6.